The Bertz CT molecular complexity index is 3850. The summed E-state index contributed by atoms with van der Waals surface area (Å²) in [6.45, 7) is 29.3. The van der Waals surface area contributed by atoms with E-state index in [1.807, 2.05) is 11.3 Å². The number of anilines is 6. The van der Waals surface area contributed by atoms with E-state index in [2.05, 4.69) is 293 Å². The van der Waals surface area contributed by atoms with Gasteiger partial charge in [-0.05, 0) is 83.6 Å². The summed E-state index contributed by atoms with van der Waals surface area (Å²) in [7, 11) is -6.29. The second kappa shape index (κ2) is 18.5. The summed E-state index contributed by atoms with van der Waals surface area (Å²) in [5.74, 6) is 0. The molecule has 10 aromatic carbocycles. The largest absolute Gasteiger partial charge is 0.310 e. The van der Waals surface area contributed by atoms with Crippen molar-refractivity contribution in [1.29, 1.82) is 0 Å². The smallest absolute Gasteiger partial charge is 0.0775 e. The summed E-state index contributed by atoms with van der Waals surface area (Å²) in [6, 6.07) is 77.4. The van der Waals surface area contributed by atoms with E-state index in [0.29, 0.717) is 0 Å². The molecule has 0 saturated heterocycles. The van der Waals surface area contributed by atoms with Crippen molar-refractivity contribution >= 4 is 162 Å². The van der Waals surface area contributed by atoms with Gasteiger partial charge in [-0.3, -0.25) is 0 Å². The lowest BCUT2D eigenvalue weighted by Gasteiger charge is -2.29. The molecule has 0 aliphatic heterocycles. The highest BCUT2D eigenvalue weighted by Crippen LogP contribution is 2.51. The zero-order chi connectivity index (χ0) is 53.1. The number of fused-ring (bicyclic) bond motifs is 10. The summed E-state index contributed by atoms with van der Waals surface area (Å²) in [5.41, 5.74) is 10.5. The molecule has 0 aliphatic carbocycles. The van der Waals surface area contributed by atoms with E-state index in [4.69, 9.17) is 0 Å². The molecule has 2 aromatic heterocycles. The minimum Gasteiger partial charge on any atom is -0.310 e. The van der Waals surface area contributed by atoms with E-state index < -0.39 is 32.3 Å². The van der Waals surface area contributed by atoms with Crippen LogP contribution in [0.1, 0.15) is 0 Å². The van der Waals surface area contributed by atoms with Crippen LogP contribution >= 0.6 is 11.3 Å². The Hall–Kier alpha value is -6.79. The van der Waals surface area contributed by atoms with E-state index in [0.717, 1.165) is 34.1 Å². The first kappa shape index (κ1) is 50.0. The maximum Gasteiger partial charge on any atom is 0.0775 e. The van der Waals surface area contributed by atoms with Gasteiger partial charge in [0.15, 0.2) is 0 Å². The maximum atomic E-state index is 2.63. The quantitative estimate of drug-likeness (QED) is 0.120. The summed E-state index contributed by atoms with van der Waals surface area (Å²) in [5, 5.41) is 15.9. The van der Waals surface area contributed by atoms with Crippen molar-refractivity contribution in [2.75, 3.05) is 9.80 Å². The van der Waals surface area contributed by atoms with Crippen LogP contribution in [0.5, 0.6) is 0 Å². The van der Waals surface area contributed by atoms with Crippen molar-refractivity contribution in [1.82, 2.24) is 4.57 Å². The van der Waals surface area contributed by atoms with Gasteiger partial charge >= 0.3 is 0 Å². The molecule has 0 unspecified atom stereocenters. The molecule has 8 heteroatoms. The number of thiophene rings is 1. The van der Waals surface area contributed by atoms with Crippen LogP contribution in [0, 0.1) is 0 Å². The second-order valence-corrected chi connectivity index (χ2v) is 46.5. The minimum atomic E-state index is -1.57. The van der Waals surface area contributed by atoms with Crippen LogP contribution in [0.25, 0.3) is 69.2 Å². The van der Waals surface area contributed by atoms with Gasteiger partial charge in [0, 0.05) is 59.8 Å². The van der Waals surface area contributed by atoms with Crippen LogP contribution in [0.2, 0.25) is 78.6 Å². The molecule has 3 nitrogen and oxygen atoms in total. The lowest BCUT2D eigenvalue weighted by atomic mass is 9.96. The van der Waals surface area contributed by atoms with Crippen LogP contribution in [-0.4, -0.2) is 36.9 Å². The third-order valence-corrected chi connectivity index (χ3v) is 25.3. The summed E-state index contributed by atoms with van der Waals surface area (Å²) in [4.78, 5) is 5.07. The number of hydrogen-bond acceptors (Lipinski definition) is 3. The Balaban J connectivity index is 1.23. The SMILES string of the molecule is C[Si](C)(C)c1ccc(N(c2ccc([Si](C)(C)C)cc2)c2cc3c(c4ccccc24)c2c4ccccc4c(N(c4ccc([Si](C)(C)C)cc4)c4ccc([Si](C)(C)C)cc4)cc2n3-c2cccc3c2sc2ccccc23)cc1. The van der Waals surface area contributed by atoms with Gasteiger partial charge in [-0.25, -0.2) is 0 Å². The molecule has 0 amide bonds. The van der Waals surface area contributed by atoms with Gasteiger partial charge in [-0.1, -0.05) is 227 Å². The Morgan fingerprint density at radius 1 is 0.316 bits per heavy atom. The molecule has 0 bridgehead atoms. The number of aromatic nitrogens is 1. The maximum absolute atomic E-state index is 2.63. The molecule has 12 rings (SSSR count). The first-order chi connectivity index (χ1) is 36.2. The molecule has 0 atom stereocenters. The summed E-state index contributed by atoms with van der Waals surface area (Å²) >= 11 is 1.90. The average molecular weight is 1070 g/mol. The van der Waals surface area contributed by atoms with Gasteiger partial charge in [0.2, 0.25) is 0 Å². The topological polar surface area (TPSA) is 11.4 Å². The molecular weight excluding hydrogens is 1000 g/mol. The third kappa shape index (κ3) is 8.68. The summed E-state index contributed by atoms with van der Waals surface area (Å²) in [6.07, 6.45) is 0. The first-order valence-electron chi connectivity index (χ1n) is 27.1. The Kier molecular flexibility index (Phi) is 12.2. The molecule has 0 fully saturated rings. The number of hydrogen-bond donors (Lipinski definition) is 0. The number of rotatable bonds is 11. The lowest BCUT2D eigenvalue weighted by molar-refractivity contribution is 1.20. The van der Waals surface area contributed by atoms with Crippen LogP contribution in [0.4, 0.5) is 34.1 Å². The zero-order valence-electron chi connectivity index (χ0n) is 46.3. The third-order valence-electron chi connectivity index (χ3n) is 15.8. The normalized spacial score (nSPS) is 12.7. The van der Waals surface area contributed by atoms with Gasteiger partial charge < -0.3 is 14.4 Å². The van der Waals surface area contributed by atoms with Crippen LogP contribution in [-0.2, 0) is 0 Å². The van der Waals surface area contributed by atoms with Crippen LogP contribution in [0.3, 0.4) is 0 Å². The molecule has 2 heterocycles. The fourth-order valence-corrected chi connectivity index (χ4v) is 17.4. The Morgan fingerprint density at radius 3 is 0.987 bits per heavy atom. The van der Waals surface area contributed by atoms with Crippen molar-refractivity contribution in [2.24, 2.45) is 0 Å². The standard InChI is InChI=1S/C68H69N3SSi4/c1-73(2,3)50-36-28-46(29-37-50)69(47-30-38-51(39-31-47)74(4,5)6)61-44-63-66(57-23-15-13-20-54(57)61)67-58-24-16-14-21-55(58)62(45-64(67)71(63)60-26-19-25-59-56-22-17-18-27-65(56)72-68(59)60)70(48-32-40-52(41-33-48)75(7,8)9)49-34-42-53(43-35-49)76(10,11)12/h13-45H,1-12H3. The van der Waals surface area contributed by atoms with Crippen LogP contribution < -0.4 is 30.5 Å². The Labute approximate surface area is 457 Å². The average Bonchev–Trinajstić information content (AvgIpc) is 3.95. The molecule has 0 radical (unpaired) electrons. The molecule has 76 heavy (non-hydrogen) atoms. The van der Waals surface area contributed by atoms with Gasteiger partial charge in [0.25, 0.3) is 0 Å². The van der Waals surface area contributed by atoms with Crippen molar-refractivity contribution in [3.8, 4) is 5.69 Å². The van der Waals surface area contributed by atoms with Crippen molar-refractivity contribution in [3.05, 3.63) is 200 Å². The fourth-order valence-electron chi connectivity index (χ4n) is 11.5. The minimum absolute atomic E-state index is 1.16. The lowest BCUT2D eigenvalue weighted by Crippen LogP contribution is -2.37. The van der Waals surface area contributed by atoms with E-state index in [-0.39, 0.29) is 0 Å². The first-order valence-corrected chi connectivity index (χ1v) is 41.9. The number of nitrogens with zero attached hydrogens (tertiary/aromatic N) is 3. The molecule has 0 aliphatic rings. The second-order valence-electron chi connectivity index (χ2n) is 25.1. The van der Waals surface area contributed by atoms with E-state index in [1.54, 1.807) is 0 Å². The van der Waals surface area contributed by atoms with E-state index in [9.17, 15) is 0 Å². The molecular formula is C68H69N3SSi4. The molecule has 0 saturated carbocycles. The van der Waals surface area contributed by atoms with Crippen molar-refractivity contribution in [2.45, 2.75) is 78.6 Å². The van der Waals surface area contributed by atoms with Crippen molar-refractivity contribution in [3.63, 3.8) is 0 Å². The van der Waals surface area contributed by atoms with Gasteiger partial charge in [0.1, 0.15) is 0 Å². The van der Waals surface area contributed by atoms with E-state index in [1.165, 1.54) is 90.0 Å². The van der Waals surface area contributed by atoms with Crippen molar-refractivity contribution < 1.29 is 0 Å². The predicted octanol–water partition coefficient (Wildman–Crippen LogP) is 18.6. The monoisotopic (exact) mass is 1070 g/mol. The predicted molar refractivity (Wildman–Crippen MR) is 350 cm³/mol. The van der Waals surface area contributed by atoms with Gasteiger partial charge in [-0.2, -0.15) is 0 Å². The highest BCUT2D eigenvalue weighted by molar-refractivity contribution is 7.26. The van der Waals surface area contributed by atoms with Gasteiger partial charge in [0.05, 0.1) is 65.1 Å². The highest BCUT2D eigenvalue weighted by atomic mass is 32.1. The Morgan fingerprint density at radius 2 is 0.632 bits per heavy atom. The highest BCUT2D eigenvalue weighted by Gasteiger charge is 2.29. The summed E-state index contributed by atoms with van der Waals surface area (Å²) < 4.78 is 5.22. The van der Waals surface area contributed by atoms with Gasteiger partial charge in [-0.15, -0.1) is 11.3 Å². The molecule has 0 N–H and O–H groups in total. The zero-order valence-corrected chi connectivity index (χ0v) is 51.1. The molecule has 0 spiro atoms. The fraction of sp³-hybridized carbons (Fsp3) is 0.176. The molecule has 378 valence electrons. The number of benzene rings is 10. The van der Waals surface area contributed by atoms with E-state index >= 15 is 0 Å². The molecule has 12 aromatic rings. The van der Waals surface area contributed by atoms with Crippen LogP contribution in [0.15, 0.2) is 200 Å².